The predicted octanol–water partition coefficient (Wildman–Crippen LogP) is 1.98. The summed E-state index contributed by atoms with van der Waals surface area (Å²) in [7, 11) is 0. The van der Waals surface area contributed by atoms with Crippen LogP contribution in [0.3, 0.4) is 0 Å². The van der Waals surface area contributed by atoms with Gasteiger partial charge in [0.05, 0.1) is 0 Å². The summed E-state index contributed by atoms with van der Waals surface area (Å²) in [5.74, 6) is 0.190. The number of ketones is 1. The molecule has 2 N–H and O–H groups in total. The van der Waals surface area contributed by atoms with Crippen LogP contribution in [0.1, 0.15) is 31.2 Å². The fraction of sp³-hybridized carbons (Fsp3) is 0.417. The van der Waals surface area contributed by atoms with Crippen LogP contribution >= 0.6 is 0 Å². The van der Waals surface area contributed by atoms with Crippen molar-refractivity contribution in [3.05, 3.63) is 35.9 Å². The zero-order chi connectivity index (χ0) is 10.0. The van der Waals surface area contributed by atoms with E-state index < -0.39 is 5.54 Å². The summed E-state index contributed by atoms with van der Waals surface area (Å²) in [6.07, 6.45) is 3.46. The third-order valence-electron chi connectivity index (χ3n) is 3.01. The van der Waals surface area contributed by atoms with Gasteiger partial charge in [0.2, 0.25) is 0 Å². The third kappa shape index (κ3) is 1.46. The van der Waals surface area contributed by atoms with Gasteiger partial charge in [-0.1, -0.05) is 36.8 Å². The van der Waals surface area contributed by atoms with E-state index in [0.29, 0.717) is 6.42 Å². The van der Waals surface area contributed by atoms with Crippen molar-refractivity contribution in [3.63, 3.8) is 0 Å². The second kappa shape index (κ2) is 3.54. The summed E-state index contributed by atoms with van der Waals surface area (Å²) >= 11 is 0. The van der Waals surface area contributed by atoms with Crippen LogP contribution in [0, 0.1) is 0 Å². The van der Waals surface area contributed by atoms with Crippen molar-refractivity contribution in [3.8, 4) is 0 Å². The van der Waals surface area contributed by atoms with Crippen LogP contribution in [0.2, 0.25) is 0 Å². The number of benzene rings is 1. The molecule has 1 aromatic rings. The van der Waals surface area contributed by atoms with Gasteiger partial charge in [0, 0.05) is 6.42 Å². The molecule has 0 amide bonds. The summed E-state index contributed by atoms with van der Waals surface area (Å²) < 4.78 is 0. The summed E-state index contributed by atoms with van der Waals surface area (Å²) in [5.41, 5.74) is 6.43. The Morgan fingerprint density at radius 1 is 1.14 bits per heavy atom. The monoisotopic (exact) mass is 189 g/mol. The Balaban J connectivity index is 2.35. The zero-order valence-electron chi connectivity index (χ0n) is 8.20. The van der Waals surface area contributed by atoms with E-state index in [1.165, 1.54) is 0 Å². The summed E-state index contributed by atoms with van der Waals surface area (Å²) in [4.78, 5) is 11.8. The van der Waals surface area contributed by atoms with Crippen molar-refractivity contribution in [1.29, 1.82) is 0 Å². The Bertz CT molecular complexity index is 333. The van der Waals surface area contributed by atoms with Crippen LogP contribution in [-0.4, -0.2) is 5.78 Å². The molecule has 2 rings (SSSR count). The average molecular weight is 189 g/mol. The zero-order valence-corrected chi connectivity index (χ0v) is 8.20. The number of carbonyl (C=O) groups is 1. The molecule has 0 unspecified atom stereocenters. The first-order valence-corrected chi connectivity index (χ1v) is 5.11. The van der Waals surface area contributed by atoms with Gasteiger partial charge in [-0.2, -0.15) is 0 Å². The SMILES string of the molecule is N[C@@]1(c2ccccc2)CCCCC1=O. The smallest absolute Gasteiger partial charge is 0.157 e. The molecule has 1 atom stereocenters. The number of hydrogen-bond donors (Lipinski definition) is 1. The van der Waals surface area contributed by atoms with Gasteiger partial charge in [-0.15, -0.1) is 0 Å². The quantitative estimate of drug-likeness (QED) is 0.734. The molecule has 1 aliphatic carbocycles. The van der Waals surface area contributed by atoms with Crippen LogP contribution < -0.4 is 5.73 Å². The topological polar surface area (TPSA) is 43.1 Å². The lowest BCUT2D eigenvalue weighted by Crippen LogP contribution is -2.46. The molecule has 2 heteroatoms. The van der Waals surface area contributed by atoms with Crippen molar-refractivity contribution >= 4 is 5.78 Å². The van der Waals surface area contributed by atoms with Crippen LogP contribution in [0.25, 0.3) is 0 Å². The Kier molecular flexibility index (Phi) is 2.38. The van der Waals surface area contributed by atoms with Crippen molar-refractivity contribution in [2.45, 2.75) is 31.2 Å². The molecular formula is C12H15NO. The Hall–Kier alpha value is -1.15. The van der Waals surface area contributed by atoms with E-state index in [4.69, 9.17) is 5.73 Å². The van der Waals surface area contributed by atoms with E-state index in [1.54, 1.807) is 0 Å². The molecule has 1 saturated carbocycles. The maximum atomic E-state index is 11.8. The minimum Gasteiger partial charge on any atom is -0.315 e. The summed E-state index contributed by atoms with van der Waals surface area (Å²) in [6.45, 7) is 0. The number of nitrogens with two attached hydrogens (primary N) is 1. The van der Waals surface area contributed by atoms with Crippen LogP contribution in [0.4, 0.5) is 0 Å². The van der Waals surface area contributed by atoms with E-state index in [9.17, 15) is 4.79 Å². The van der Waals surface area contributed by atoms with Crippen molar-refractivity contribution in [2.75, 3.05) is 0 Å². The van der Waals surface area contributed by atoms with Crippen molar-refractivity contribution in [1.82, 2.24) is 0 Å². The number of Topliss-reactive ketones (excluding diaryl/α,β-unsaturated/α-hetero) is 1. The van der Waals surface area contributed by atoms with Crippen LogP contribution in [0.15, 0.2) is 30.3 Å². The maximum absolute atomic E-state index is 11.8. The Morgan fingerprint density at radius 2 is 1.86 bits per heavy atom. The maximum Gasteiger partial charge on any atom is 0.157 e. The molecule has 1 aliphatic rings. The lowest BCUT2D eigenvalue weighted by molar-refractivity contribution is -0.126. The molecule has 1 aromatic carbocycles. The molecule has 1 fully saturated rings. The van der Waals surface area contributed by atoms with Gasteiger partial charge in [0.25, 0.3) is 0 Å². The van der Waals surface area contributed by atoms with Crippen molar-refractivity contribution < 1.29 is 4.79 Å². The second-order valence-electron chi connectivity index (χ2n) is 3.97. The molecule has 2 nitrogen and oxygen atoms in total. The fourth-order valence-corrected chi connectivity index (χ4v) is 2.09. The lowest BCUT2D eigenvalue weighted by Gasteiger charge is -2.32. The lowest BCUT2D eigenvalue weighted by atomic mass is 9.76. The number of carbonyl (C=O) groups excluding carboxylic acids is 1. The molecule has 14 heavy (non-hydrogen) atoms. The van der Waals surface area contributed by atoms with Crippen LogP contribution in [0.5, 0.6) is 0 Å². The highest BCUT2D eigenvalue weighted by Crippen LogP contribution is 2.31. The normalized spacial score (nSPS) is 27.6. The Morgan fingerprint density at radius 3 is 2.50 bits per heavy atom. The third-order valence-corrected chi connectivity index (χ3v) is 3.01. The molecule has 0 radical (unpaired) electrons. The average Bonchev–Trinajstić information content (AvgIpc) is 2.24. The largest absolute Gasteiger partial charge is 0.315 e. The predicted molar refractivity (Wildman–Crippen MR) is 55.8 cm³/mol. The molecule has 0 aliphatic heterocycles. The first kappa shape index (κ1) is 9.41. The molecule has 0 spiro atoms. The second-order valence-corrected chi connectivity index (χ2v) is 3.97. The standard InChI is InChI=1S/C12H15NO/c13-12(9-5-4-8-11(12)14)10-6-2-1-3-7-10/h1-3,6-7H,4-5,8-9,13H2/t12-/m1/s1. The number of rotatable bonds is 1. The van der Waals surface area contributed by atoms with Gasteiger partial charge in [-0.25, -0.2) is 0 Å². The minimum absolute atomic E-state index is 0.190. The van der Waals surface area contributed by atoms with Gasteiger partial charge in [0.15, 0.2) is 5.78 Å². The highest BCUT2D eigenvalue weighted by molar-refractivity contribution is 5.90. The van der Waals surface area contributed by atoms with E-state index in [2.05, 4.69) is 0 Å². The van der Waals surface area contributed by atoms with Gasteiger partial charge in [0.1, 0.15) is 5.54 Å². The summed E-state index contributed by atoms with van der Waals surface area (Å²) in [5, 5.41) is 0. The van der Waals surface area contributed by atoms with E-state index in [-0.39, 0.29) is 5.78 Å². The van der Waals surface area contributed by atoms with Gasteiger partial charge in [-0.3, -0.25) is 4.79 Å². The number of hydrogen-bond acceptors (Lipinski definition) is 2. The molecular weight excluding hydrogens is 174 g/mol. The minimum atomic E-state index is -0.709. The van der Waals surface area contributed by atoms with Gasteiger partial charge in [-0.05, 0) is 18.4 Å². The molecule has 0 heterocycles. The first-order valence-electron chi connectivity index (χ1n) is 5.11. The van der Waals surface area contributed by atoms with E-state index in [0.717, 1.165) is 24.8 Å². The van der Waals surface area contributed by atoms with Crippen LogP contribution in [-0.2, 0) is 10.3 Å². The highest BCUT2D eigenvalue weighted by Gasteiger charge is 2.36. The molecule has 0 aromatic heterocycles. The van der Waals surface area contributed by atoms with Crippen molar-refractivity contribution in [2.24, 2.45) is 5.73 Å². The summed E-state index contributed by atoms with van der Waals surface area (Å²) in [6, 6.07) is 9.71. The van der Waals surface area contributed by atoms with E-state index >= 15 is 0 Å². The van der Waals surface area contributed by atoms with Gasteiger partial charge < -0.3 is 5.73 Å². The highest BCUT2D eigenvalue weighted by atomic mass is 16.1. The van der Waals surface area contributed by atoms with E-state index in [1.807, 2.05) is 30.3 Å². The first-order chi connectivity index (χ1) is 6.73. The Labute approximate surface area is 84.1 Å². The molecule has 74 valence electrons. The van der Waals surface area contributed by atoms with Gasteiger partial charge >= 0.3 is 0 Å². The molecule has 0 bridgehead atoms. The molecule has 0 saturated heterocycles. The fourth-order valence-electron chi connectivity index (χ4n) is 2.09.